The number of esters is 1. The van der Waals surface area contributed by atoms with Gasteiger partial charge in [-0.2, -0.15) is 0 Å². The normalized spacial score (nSPS) is 9.58. The molecule has 2 N–H and O–H groups in total. The molecule has 0 heterocycles. The topological polar surface area (TPSA) is 122 Å². The zero-order valence-corrected chi connectivity index (χ0v) is 10.7. The van der Waals surface area contributed by atoms with Crippen LogP contribution in [0.3, 0.4) is 0 Å². The Balaban J connectivity index is 3.97. The maximum Gasteiger partial charge on any atom is 0.329 e. The summed E-state index contributed by atoms with van der Waals surface area (Å²) in [5.74, 6) is -2.63. The van der Waals surface area contributed by atoms with E-state index in [0.717, 1.165) is 4.90 Å². The third-order valence-electron chi connectivity index (χ3n) is 1.72. The molecule has 0 aliphatic carbocycles. The van der Waals surface area contributed by atoms with E-state index < -0.39 is 37.1 Å². The van der Waals surface area contributed by atoms with E-state index in [-0.39, 0.29) is 13.2 Å². The minimum atomic E-state index is -1.22. The van der Waals surface area contributed by atoms with E-state index >= 15 is 0 Å². The van der Waals surface area contributed by atoms with Crippen LogP contribution in [-0.2, 0) is 23.9 Å². The highest BCUT2D eigenvalue weighted by atomic mass is 16.5. The number of rotatable bonds is 7. The Labute approximate surface area is 109 Å². The number of hydrogen-bond acceptors (Lipinski definition) is 6. The van der Waals surface area contributed by atoms with Gasteiger partial charge in [-0.25, -0.2) is 9.59 Å². The molecule has 0 aliphatic heterocycles. The van der Waals surface area contributed by atoms with Crippen LogP contribution in [-0.4, -0.2) is 67.3 Å². The van der Waals surface area contributed by atoms with Crippen molar-refractivity contribution in [1.29, 1.82) is 0 Å². The maximum atomic E-state index is 11.4. The van der Waals surface area contributed by atoms with Gasteiger partial charge in [0.15, 0.2) is 0 Å². The molecule has 3 amide bonds. The summed E-state index contributed by atoms with van der Waals surface area (Å²) >= 11 is 0. The summed E-state index contributed by atoms with van der Waals surface area (Å²) in [6.07, 6.45) is 0. The lowest BCUT2D eigenvalue weighted by Gasteiger charge is -2.16. The molecule has 0 bridgehead atoms. The number of hydrogen-bond donors (Lipinski definition) is 2. The molecule has 0 atom stereocenters. The van der Waals surface area contributed by atoms with Gasteiger partial charge in [0.25, 0.3) is 5.91 Å². The van der Waals surface area contributed by atoms with Gasteiger partial charge in [-0.1, -0.05) is 0 Å². The molecule has 0 aromatic carbocycles. The van der Waals surface area contributed by atoms with Gasteiger partial charge in [-0.15, -0.1) is 0 Å². The molecule has 0 rings (SSSR count). The van der Waals surface area contributed by atoms with E-state index in [4.69, 9.17) is 5.11 Å². The van der Waals surface area contributed by atoms with Crippen LogP contribution in [0, 0.1) is 0 Å². The van der Waals surface area contributed by atoms with Gasteiger partial charge in [-0.05, 0) is 6.92 Å². The Morgan fingerprint density at radius 1 is 1.21 bits per heavy atom. The van der Waals surface area contributed by atoms with E-state index in [9.17, 15) is 19.2 Å². The zero-order valence-electron chi connectivity index (χ0n) is 10.7. The van der Waals surface area contributed by atoms with Crippen molar-refractivity contribution in [3.05, 3.63) is 0 Å². The van der Waals surface area contributed by atoms with Crippen LogP contribution in [0.5, 0.6) is 0 Å². The fraction of sp³-hybridized carbons (Fsp3) is 0.600. The zero-order chi connectivity index (χ0) is 14.8. The van der Waals surface area contributed by atoms with Gasteiger partial charge in [0, 0.05) is 7.05 Å². The monoisotopic (exact) mass is 276 g/mol. The van der Waals surface area contributed by atoms with Crippen molar-refractivity contribution < 1.29 is 33.8 Å². The van der Waals surface area contributed by atoms with E-state index in [1.54, 1.807) is 6.92 Å². The molecule has 9 nitrogen and oxygen atoms in total. The number of carboxylic acid groups (broad SMARTS) is 1. The second kappa shape index (κ2) is 8.86. The van der Waals surface area contributed by atoms with Gasteiger partial charge in [0.1, 0.15) is 19.8 Å². The molecule has 0 spiro atoms. The molecule has 0 saturated carbocycles. The van der Waals surface area contributed by atoms with Gasteiger partial charge in [0.2, 0.25) is 0 Å². The average Bonchev–Trinajstić information content (AvgIpc) is 2.28. The number of urea groups is 1. The fourth-order valence-corrected chi connectivity index (χ4v) is 0.954. The van der Waals surface area contributed by atoms with Crippen LogP contribution < -0.4 is 5.32 Å². The molecule has 9 heteroatoms. The van der Waals surface area contributed by atoms with Crippen molar-refractivity contribution in [3.8, 4) is 0 Å². The minimum Gasteiger partial charge on any atom is -0.480 e. The van der Waals surface area contributed by atoms with Gasteiger partial charge < -0.3 is 19.5 Å². The molecule has 0 aromatic heterocycles. The molecule has 0 aromatic rings. The molecule has 0 radical (unpaired) electrons. The van der Waals surface area contributed by atoms with Gasteiger partial charge in [-0.3, -0.25) is 14.9 Å². The van der Waals surface area contributed by atoms with Crippen molar-refractivity contribution in [2.45, 2.75) is 6.92 Å². The molecule has 0 unspecified atom stereocenters. The first-order valence-electron chi connectivity index (χ1n) is 5.37. The SMILES string of the molecule is CCOC(=O)CN(C)C(=O)NC(=O)COCC(=O)O. The molecule has 19 heavy (non-hydrogen) atoms. The third kappa shape index (κ3) is 8.55. The number of carbonyl (C=O) groups is 4. The lowest BCUT2D eigenvalue weighted by Crippen LogP contribution is -2.44. The largest absolute Gasteiger partial charge is 0.480 e. The highest BCUT2D eigenvalue weighted by molar-refractivity contribution is 5.95. The Hall–Kier alpha value is -2.16. The highest BCUT2D eigenvalue weighted by Crippen LogP contribution is 1.88. The first-order chi connectivity index (χ1) is 8.86. The number of imide groups is 1. The number of aliphatic carboxylic acids is 1. The maximum absolute atomic E-state index is 11.4. The van der Waals surface area contributed by atoms with Crippen LogP contribution in [0.25, 0.3) is 0 Å². The lowest BCUT2D eigenvalue weighted by molar-refractivity contribution is -0.145. The Morgan fingerprint density at radius 3 is 2.37 bits per heavy atom. The highest BCUT2D eigenvalue weighted by Gasteiger charge is 2.16. The van der Waals surface area contributed by atoms with Crippen molar-refractivity contribution in [3.63, 3.8) is 0 Å². The number of carboxylic acids is 1. The predicted octanol–water partition coefficient (Wildman–Crippen LogP) is -1.18. The van der Waals surface area contributed by atoms with Gasteiger partial charge in [0.05, 0.1) is 6.61 Å². The third-order valence-corrected chi connectivity index (χ3v) is 1.72. The summed E-state index contributed by atoms with van der Waals surface area (Å²) in [5.41, 5.74) is 0. The second-order valence-corrected chi connectivity index (χ2v) is 3.40. The van der Waals surface area contributed by atoms with Crippen molar-refractivity contribution in [1.82, 2.24) is 10.2 Å². The molecule has 0 saturated heterocycles. The summed E-state index contributed by atoms with van der Waals surface area (Å²) in [6.45, 7) is 0.312. The Kier molecular flexibility index (Phi) is 7.85. The number of ether oxygens (including phenoxy) is 2. The molecular weight excluding hydrogens is 260 g/mol. The molecular formula is C10H16N2O7. The first-order valence-corrected chi connectivity index (χ1v) is 5.37. The number of carbonyl (C=O) groups excluding carboxylic acids is 3. The lowest BCUT2D eigenvalue weighted by atomic mass is 10.5. The summed E-state index contributed by atoms with van der Waals surface area (Å²) in [5, 5.41) is 10.2. The smallest absolute Gasteiger partial charge is 0.329 e. The standard InChI is InChI=1S/C10H16N2O7/c1-3-19-9(16)4-12(2)10(17)11-7(13)5-18-6-8(14)15/h3-6H2,1-2H3,(H,14,15)(H,11,13,17). The Bertz CT molecular complexity index is 356. The summed E-state index contributed by atoms with van der Waals surface area (Å²) in [4.78, 5) is 44.7. The molecule has 108 valence electrons. The van der Waals surface area contributed by atoms with Gasteiger partial charge >= 0.3 is 18.0 Å². The van der Waals surface area contributed by atoms with Crippen LogP contribution >= 0.6 is 0 Å². The molecule has 0 aliphatic rings. The van der Waals surface area contributed by atoms with Crippen molar-refractivity contribution in [2.24, 2.45) is 0 Å². The summed E-state index contributed by atoms with van der Waals surface area (Å²) < 4.78 is 9.11. The van der Waals surface area contributed by atoms with Crippen LogP contribution in [0.1, 0.15) is 6.92 Å². The quantitative estimate of drug-likeness (QED) is 0.561. The van der Waals surface area contributed by atoms with Crippen molar-refractivity contribution >= 4 is 23.9 Å². The van der Waals surface area contributed by atoms with E-state index in [0.29, 0.717) is 0 Å². The average molecular weight is 276 g/mol. The molecule has 0 fully saturated rings. The second-order valence-electron chi connectivity index (χ2n) is 3.40. The van der Waals surface area contributed by atoms with Crippen LogP contribution in [0.4, 0.5) is 4.79 Å². The predicted molar refractivity (Wildman–Crippen MR) is 61.3 cm³/mol. The minimum absolute atomic E-state index is 0.191. The summed E-state index contributed by atoms with van der Waals surface area (Å²) in [7, 11) is 1.30. The van der Waals surface area contributed by atoms with Crippen molar-refractivity contribution in [2.75, 3.05) is 33.4 Å². The fourth-order valence-electron chi connectivity index (χ4n) is 0.954. The Morgan fingerprint density at radius 2 is 1.84 bits per heavy atom. The summed E-state index contributed by atoms with van der Waals surface area (Å²) in [6, 6.07) is -0.808. The van der Waals surface area contributed by atoms with E-state index in [1.807, 2.05) is 5.32 Å². The van der Waals surface area contributed by atoms with E-state index in [1.165, 1.54) is 7.05 Å². The number of nitrogens with zero attached hydrogens (tertiary/aromatic N) is 1. The number of likely N-dealkylation sites (N-methyl/N-ethyl adjacent to an activating group) is 1. The van der Waals surface area contributed by atoms with E-state index in [2.05, 4.69) is 9.47 Å². The number of nitrogens with one attached hydrogen (secondary N) is 1. The first kappa shape index (κ1) is 16.8. The van der Waals surface area contributed by atoms with Crippen LogP contribution in [0.15, 0.2) is 0 Å². The van der Waals surface area contributed by atoms with Crippen LogP contribution in [0.2, 0.25) is 0 Å². The number of amides is 3.